The minimum Gasteiger partial charge on any atom is -0.453 e. The van der Waals surface area contributed by atoms with Gasteiger partial charge in [0.1, 0.15) is 6.04 Å². The van der Waals surface area contributed by atoms with Crippen LogP contribution in [-0.2, 0) is 24.3 Å². The Morgan fingerprint density at radius 1 is 0.906 bits per heavy atom. The SMILES string of the molecule is CC(OC(=O)[C@H](C)NS(=O)(=O)c1ccccc1)C(=O)c1ccc(NC(=O)C(C)(C)C)cc1. The first-order chi connectivity index (χ1) is 14.8. The predicted octanol–water partition coefficient (Wildman–Crippen LogP) is 3.15. The molecule has 0 saturated heterocycles. The van der Waals surface area contributed by atoms with Crippen molar-refractivity contribution in [1.82, 2.24) is 4.72 Å². The van der Waals surface area contributed by atoms with E-state index >= 15 is 0 Å². The number of sulfonamides is 1. The number of Topliss-reactive ketones (excluding diaryl/α,β-unsaturated/α-hetero) is 1. The molecular weight excluding hydrogens is 432 g/mol. The Balaban J connectivity index is 1.98. The Morgan fingerprint density at radius 2 is 1.47 bits per heavy atom. The highest BCUT2D eigenvalue weighted by Gasteiger charge is 2.27. The van der Waals surface area contributed by atoms with Crippen molar-refractivity contribution < 1.29 is 27.5 Å². The van der Waals surface area contributed by atoms with Gasteiger partial charge >= 0.3 is 5.97 Å². The molecule has 8 nitrogen and oxygen atoms in total. The second-order valence-corrected chi connectivity index (χ2v) is 10.1. The molecule has 32 heavy (non-hydrogen) atoms. The average Bonchev–Trinajstić information content (AvgIpc) is 2.73. The highest BCUT2D eigenvalue weighted by Crippen LogP contribution is 2.18. The molecule has 2 aromatic carbocycles. The van der Waals surface area contributed by atoms with E-state index in [1.807, 2.05) is 0 Å². The summed E-state index contributed by atoms with van der Waals surface area (Å²) in [5.74, 6) is -1.49. The number of rotatable bonds is 8. The van der Waals surface area contributed by atoms with Crippen LogP contribution in [0.15, 0.2) is 59.5 Å². The summed E-state index contributed by atoms with van der Waals surface area (Å²) in [6.07, 6.45) is -1.12. The lowest BCUT2D eigenvalue weighted by molar-refractivity contribution is -0.147. The standard InChI is InChI=1S/C23H28N2O6S/c1-15(25-32(29,30)19-9-7-6-8-10-19)21(27)31-16(2)20(26)17-11-13-18(14-12-17)24-22(28)23(3,4)5/h6-16,25H,1-5H3,(H,24,28)/t15-,16?/m0/s1. The minimum absolute atomic E-state index is 0.0161. The number of nitrogens with one attached hydrogen (secondary N) is 2. The molecule has 0 radical (unpaired) electrons. The van der Waals surface area contributed by atoms with E-state index in [9.17, 15) is 22.8 Å². The highest BCUT2D eigenvalue weighted by molar-refractivity contribution is 7.89. The van der Waals surface area contributed by atoms with Crippen LogP contribution in [0, 0.1) is 5.41 Å². The minimum atomic E-state index is -3.91. The topological polar surface area (TPSA) is 119 Å². The van der Waals surface area contributed by atoms with Crippen LogP contribution in [0.4, 0.5) is 5.69 Å². The van der Waals surface area contributed by atoms with Crippen LogP contribution in [0.2, 0.25) is 0 Å². The van der Waals surface area contributed by atoms with Crippen LogP contribution in [0.25, 0.3) is 0 Å². The highest BCUT2D eigenvalue weighted by atomic mass is 32.2. The van der Waals surface area contributed by atoms with Crippen molar-refractivity contribution in [2.24, 2.45) is 5.41 Å². The summed E-state index contributed by atoms with van der Waals surface area (Å²) < 4.78 is 32.1. The Hall–Kier alpha value is -3.04. The van der Waals surface area contributed by atoms with E-state index in [0.717, 1.165) is 0 Å². The van der Waals surface area contributed by atoms with E-state index in [4.69, 9.17) is 4.74 Å². The molecule has 1 amide bonds. The molecule has 2 rings (SSSR count). The summed E-state index contributed by atoms with van der Waals surface area (Å²) in [5, 5.41) is 2.76. The van der Waals surface area contributed by atoms with Gasteiger partial charge in [-0.3, -0.25) is 14.4 Å². The van der Waals surface area contributed by atoms with Crippen molar-refractivity contribution in [2.75, 3.05) is 5.32 Å². The van der Waals surface area contributed by atoms with Crippen molar-refractivity contribution in [3.05, 3.63) is 60.2 Å². The third-order valence-corrected chi connectivity index (χ3v) is 6.07. The lowest BCUT2D eigenvalue weighted by Crippen LogP contribution is -2.41. The van der Waals surface area contributed by atoms with Gasteiger partial charge in [-0.2, -0.15) is 4.72 Å². The van der Waals surface area contributed by atoms with Crippen LogP contribution in [0.3, 0.4) is 0 Å². The zero-order valence-corrected chi connectivity index (χ0v) is 19.5. The number of amides is 1. The average molecular weight is 461 g/mol. The monoisotopic (exact) mass is 460 g/mol. The van der Waals surface area contributed by atoms with E-state index in [1.165, 1.54) is 38.1 Å². The second-order valence-electron chi connectivity index (χ2n) is 8.38. The van der Waals surface area contributed by atoms with Crippen molar-refractivity contribution in [2.45, 2.75) is 51.7 Å². The molecule has 1 unspecified atom stereocenters. The summed E-state index contributed by atoms with van der Waals surface area (Å²) in [6.45, 7) is 8.12. The molecular formula is C23H28N2O6S. The molecule has 2 atom stereocenters. The molecule has 2 N–H and O–H groups in total. The maximum Gasteiger partial charge on any atom is 0.324 e. The summed E-state index contributed by atoms with van der Waals surface area (Å²) >= 11 is 0. The van der Waals surface area contributed by atoms with Crippen molar-refractivity contribution in [3.63, 3.8) is 0 Å². The Morgan fingerprint density at radius 3 is 2.00 bits per heavy atom. The number of hydrogen-bond acceptors (Lipinski definition) is 6. The van der Waals surface area contributed by atoms with Crippen molar-refractivity contribution >= 4 is 33.4 Å². The quantitative estimate of drug-likeness (QED) is 0.461. The normalized spacial score (nSPS) is 13.7. The number of ketones is 1. The Kier molecular flexibility index (Phi) is 7.92. The molecule has 0 fully saturated rings. The molecule has 0 aliphatic rings. The third kappa shape index (κ3) is 6.73. The zero-order valence-electron chi connectivity index (χ0n) is 18.7. The van der Waals surface area contributed by atoms with Gasteiger partial charge in [0.2, 0.25) is 21.7 Å². The van der Waals surface area contributed by atoms with Crippen LogP contribution >= 0.6 is 0 Å². The van der Waals surface area contributed by atoms with Gasteiger partial charge < -0.3 is 10.1 Å². The van der Waals surface area contributed by atoms with Crippen LogP contribution in [0.5, 0.6) is 0 Å². The van der Waals surface area contributed by atoms with Gasteiger partial charge in [-0.25, -0.2) is 8.42 Å². The molecule has 2 aromatic rings. The van der Waals surface area contributed by atoms with Gasteiger partial charge in [-0.15, -0.1) is 0 Å². The number of carbonyl (C=O) groups excluding carboxylic acids is 3. The molecule has 172 valence electrons. The lowest BCUT2D eigenvalue weighted by atomic mass is 9.95. The maximum atomic E-state index is 12.6. The molecule has 0 heterocycles. The summed E-state index contributed by atoms with van der Waals surface area (Å²) in [6, 6.07) is 12.6. The summed E-state index contributed by atoms with van der Waals surface area (Å²) in [4.78, 5) is 37.0. The number of esters is 1. The van der Waals surface area contributed by atoms with E-state index in [-0.39, 0.29) is 16.4 Å². The molecule has 0 bridgehead atoms. The number of anilines is 1. The van der Waals surface area contributed by atoms with Crippen LogP contribution in [-0.4, -0.2) is 38.2 Å². The predicted molar refractivity (Wildman–Crippen MR) is 121 cm³/mol. The fourth-order valence-corrected chi connectivity index (χ4v) is 3.76. The maximum absolute atomic E-state index is 12.6. The van der Waals surface area contributed by atoms with Crippen molar-refractivity contribution in [1.29, 1.82) is 0 Å². The first kappa shape index (κ1) is 25.2. The molecule has 0 spiro atoms. The first-order valence-corrected chi connectivity index (χ1v) is 11.5. The van der Waals surface area contributed by atoms with Gasteiger partial charge in [0.25, 0.3) is 0 Å². The largest absolute Gasteiger partial charge is 0.453 e. The number of hydrogen-bond donors (Lipinski definition) is 2. The number of carbonyl (C=O) groups is 3. The second kappa shape index (κ2) is 10.1. The number of ether oxygens (including phenoxy) is 1. The summed E-state index contributed by atoms with van der Waals surface area (Å²) in [5.41, 5.74) is 0.266. The van der Waals surface area contributed by atoms with E-state index < -0.39 is 39.3 Å². The van der Waals surface area contributed by atoms with Crippen LogP contribution < -0.4 is 10.0 Å². The van der Waals surface area contributed by atoms with E-state index in [2.05, 4.69) is 10.0 Å². The first-order valence-electron chi connectivity index (χ1n) is 10.0. The van der Waals surface area contributed by atoms with Gasteiger partial charge in [0, 0.05) is 16.7 Å². The summed E-state index contributed by atoms with van der Waals surface area (Å²) in [7, 11) is -3.91. The molecule has 0 aromatic heterocycles. The molecule has 0 aliphatic heterocycles. The van der Waals surface area contributed by atoms with Gasteiger partial charge in [-0.1, -0.05) is 39.0 Å². The lowest BCUT2D eigenvalue weighted by Gasteiger charge is -2.18. The fourth-order valence-electron chi connectivity index (χ4n) is 2.55. The van der Waals surface area contributed by atoms with E-state index in [0.29, 0.717) is 5.69 Å². The van der Waals surface area contributed by atoms with Gasteiger partial charge in [-0.05, 0) is 50.2 Å². The molecule has 9 heteroatoms. The van der Waals surface area contributed by atoms with E-state index in [1.54, 1.807) is 51.1 Å². The molecule has 0 saturated carbocycles. The van der Waals surface area contributed by atoms with Gasteiger partial charge in [0.15, 0.2) is 6.10 Å². The van der Waals surface area contributed by atoms with Gasteiger partial charge in [0.05, 0.1) is 4.90 Å². The Bertz CT molecular complexity index is 1070. The Labute approximate surface area is 188 Å². The number of benzene rings is 2. The van der Waals surface area contributed by atoms with Crippen molar-refractivity contribution in [3.8, 4) is 0 Å². The molecule has 0 aliphatic carbocycles. The third-order valence-electron chi connectivity index (χ3n) is 4.51. The fraction of sp³-hybridized carbons (Fsp3) is 0.348. The zero-order chi connectivity index (χ0) is 24.1. The van der Waals surface area contributed by atoms with Crippen LogP contribution in [0.1, 0.15) is 45.0 Å². The smallest absolute Gasteiger partial charge is 0.324 e.